The summed E-state index contributed by atoms with van der Waals surface area (Å²) in [5.74, 6) is -0.532. The monoisotopic (exact) mass is 251 g/mol. The van der Waals surface area contributed by atoms with Crippen LogP contribution in [0.5, 0.6) is 0 Å². The molecule has 100 valence electrons. The SMILES string of the molecule is CC(C)(C)C1CCC(C(=O)O)C(n2cncn2)C1. The second kappa shape index (κ2) is 4.71. The van der Waals surface area contributed by atoms with Crippen molar-refractivity contribution < 1.29 is 9.90 Å². The van der Waals surface area contributed by atoms with Gasteiger partial charge < -0.3 is 5.11 Å². The molecule has 5 heteroatoms. The Morgan fingerprint density at radius 3 is 2.61 bits per heavy atom. The van der Waals surface area contributed by atoms with Gasteiger partial charge in [0.2, 0.25) is 0 Å². The fraction of sp³-hybridized carbons (Fsp3) is 0.769. The first-order chi connectivity index (χ1) is 8.39. The standard InChI is InChI=1S/C13H21N3O2/c1-13(2,3)9-4-5-10(12(17)18)11(6-9)16-8-14-7-15-16/h7-11H,4-6H2,1-3H3,(H,17,18). The molecule has 1 fully saturated rings. The Bertz CT molecular complexity index is 408. The first-order valence-corrected chi connectivity index (χ1v) is 6.46. The molecule has 0 spiro atoms. The molecule has 0 radical (unpaired) electrons. The van der Waals surface area contributed by atoms with Crippen LogP contribution >= 0.6 is 0 Å². The Balaban J connectivity index is 2.22. The maximum Gasteiger partial charge on any atom is 0.308 e. The largest absolute Gasteiger partial charge is 0.481 e. The van der Waals surface area contributed by atoms with Gasteiger partial charge in [-0.05, 0) is 30.6 Å². The highest BCUT2D eigenvalue weighted by atomic mass is 16.4. The zero-order chi connectivity index (χ0) is 13.3. The third-order valence-corrected chi connectivity index (χ3v) is 4.13. The van der Waals surface area contributed by atoms with Crippen LogP contribution in [0.1, 0.15) is 46.1 Å². The minimum absolute atomic E-state index is 0.0667. The number of hydrogen-bond acceptors (Lipinski definition) is 3. The van der Waals surface area contributed by atoms with E-state index in [-0.39, 0.29) is 17.4 Å². The van der Waals surface area contributed by atoms with E-state index in [1.54, 1.807) is 11.0 Å². The molecular formula is C13H21N3O2. The molecule has 2 rings (SSSR count). The Hall–Kier alpha value is -1.39. The summed E-state index contributed by atoms with van der Waals surface area (Å²) >= 11 is 0. The van der Waals surface area contributed by atoms with Crippen molar-refractivity contribution in [2.75, 3.05) is 0 Å². The van der Waals surface area contributed by atoms with E-state index in [9.17, 15) is 9.90 Å². The zero-order valence-corrected chi connectivity index (χ0v) is 11.2. The van der Waals surface area contributed by atoms with Crippen molar-refractivity contribution in [1.29, 1.82) is 0 Å². The fourth-order valence-corrected chi connectivity index (χ4v) is 2.90. The molecule has 3 atom stereocenters. The van der Waals surface area contributed by atoms with E-state index in [0.717, 1.165) is 19.3 Å². The van der Waals surface area contributed by atoms with Crippen molar-refractivity contribution in [3.63, 3.8) is 0 Å². The molecule has 0 bridgehead atoms. The number of rotatable bonds is 2. The lowest BCUT2D eigenvalue weighted by Crippen LogP contribution is -2.37. The highest BCUT2D eigenvalue weighted by Gasteiger charge is 2.40. The van der Waals surface area contributed by atoms with Gasteiger partial charge in [-0.15, -0.1) is 0 Å². The van der Waals surface area contributed by atoms with E-state index in [2.05, 4.69) is 30.9 Å². The van der Waals surface area contributed by atoms with E-state index < -0.39 is 5.97 Å². The van der Waals surface area contributed by atoms with Crippen molar-refractivity contribution >= 4 is 5.97 Å². The van der Waals surface area contributed by atoms with Crippen molar-refractivity contribution in [2.24, 2.45) is 17.3 Å². The summed E-state index contributed by atoms with van der Waals surface area (Å²) in [6.45, 7) is 6.66. The Morgan fingerprint density at radius 2 is 2.11 bits per heavy atom. The smallest absolute Gasteiger partial charge is 0.308 e. The van der Waals surface area contributed by atoms with Crippen LogP contribution in [0.3, 0.4) is 0 Å². The lowest BCUT2D eigenvalue weighted by molar-refractivity contribution is -0.145. The minimum atomic E-state index is -0.720. The van der Waals surface area contributed by atoms with Crippen molar-refractivity contribution in [3.05, 3.63) is 12.7 Å². The van der Waals surface area contributed by atoms with E-state index in [1.807, 2.05) is 0 Å². The van der Waals surface area contributed by atoms with E-state index >= 15 is 0 Å². The van der Waals surface area contributed by atoms with Gasteiger partial charge in [-0.2, -0.15) is 5.10 Å². The van der Waals surface area contributed by atoms with Crippen LogP contribution < -0.4 is 0 Å². The molecule has 1 aliphatic carbocycles. The van der Waals surface area contributed by atoms with Gasteiger partial charge in [0, 0.05) is 0 Å². The second-order valence-corrected chi connectivity index (χ2v) is 6.26. The van der Waals surface area contributed by atoms with Crippen molar-refractivity contribution in [1.82, 2.24) is 14.8 Å². The maximum absolute atomic E-state index is 11.4. The van der Waals surface area contributed by atoms with Crippen molar-refractivity contribution in [2.45, 2.75) is 46.1 Å². The average molecular weight is 251 g/mol. The van der Waals surface area contributed by atoms with Gasteiger partial charge in [0.15, 0.2) is 0 Å². The summed E-state index contributed by atoms with van der Waals surface area (Å²) in [5.41, 5.74) is 0.211. The third kappa shape index (κ3) is 2.54. The molecule has 1 aromatic heterocycles. The molecule has 1 aromatic rings. The first-order valence-electron chi connectivity index (χ1n) is 6.46. The number of aliphatic carboxylic acids is 1. The number of carbonyl (C=O) groups is 1. The molecule has 0 amide bonds. The van der Waals surface area contributed by atoms with Gasteiger partial charge in [-0.1, -0.05) is 20.8 Å². The number of nitrogens with zero attached hydrogens (tertiary/aromatic N) is 3. The molecule has 3 unspecified atom stereocenters. The lowest BCUT2D eigenvalue weighted by Gasteiger charge is -2.40. The van der Waals surface area contributed by atoms with Crippen LogP contribution in [0.15, 0.2) is 12.7 Å². The van der Waals surface area contributed by atoms with Gasteiger partial charge in [-0.25, -0.2) is 9.67 Å². The molecule has 1 aliphatic rings. The number of carboxylic acid groups (broad SMARTS) is 1. The highest BCUT2D eigenvalue weighted by Crippen LogP contribution is 2.44. The van der Waals surface area contributed by atoms with Crippen LogP contribution in [0.25, 0.3) is 0 Å². The quantitative estimate of drug-likeness (QED) is 0.876. The maximum atomic E-state index is 11.4. The van der Waals surface area contributed by atoms with Gasteiger partial charge in [0.25, 0.3) is 0 Å². The van der Waals surface area contributed by atoms with Crippen LogP contribution in [0.2, 0.25) is 0 Å². The molecule has 5 nitrogen and oxygen atoms in total. The van der Waals surface area contributed by atoms with Gasteiger partial charge in [0.1, 0.15) is 12.7 Å². The molecule has 0 aliphatic heterocycles. The number of hydrogen-bond donors (Lipinski definition) is 1. The normalized spacial score (nSPS) is 29.2. The topological polar surface area (TPSA) is 68.0 Å². The molecule has 18 heavy (non-hydrogen) atoms. The Kier molecular flexibility index (Phi) is 3.41. The van der Waals surface area contributed by atoms with E-state index in [1.165, 1.54) is 6.33 Å². The molecular weight excluding hydrogens is 230 g/mol. The molecule has 1 heterocycles. The first kappa shape index (κ1) is 13.1. The highest BCUT2D eigenvalue weighted by molar-refractivity contribution is 5.70. The summed E-state index contributed by atoms with van der Waals surface area (Å²) in [7, 11) is 0. The van der Waals surface area contributed by atoms with Gasteiger partial charge in [0.05, 0.1) is 12.0 Å². The van der Waals surface area contributed by atoms with Gasteiger partial charge >= 0.3 is 5.97 Å². The summed E-state index contributed by atoms with van der Waals surface area (Å²) in [5, 5.41) is 13.5. The van der Waals surface area contributed by atoms with Gasteiger partial charge in [-0.3, -0.25) is 4.79 Å². The van der Waals surface area contributed by atoms with Crippen LogP contribution in [0.4, 0.5) is 0 Å². The third-order valence-electron chi connectivity index (χ3n) is 4.13. The number of carboxylic acids is 1. The Labute approximate surface area is 107 Å². The summed E-state index contributed by atoms with van der Waals surface area (Å²) in [6.07, 6.45) is 5.67. The summed E-state index contributed by atoms with van der Waals surface area (Å²) in [6, 6.07) is -0.0667. The lowest BCUT2D eigenvalue weighted by atomic mass is 9.68. The molecule has 1 N–H and O–H groups in total. The predicted octanol–water partition coefficient (Wildman–Crippen LogP) is 2.37. The van der Waals surface area contributed by atoms with E-state index in [0.29, 0.717) is 5.92 Å². The van der Waals surface area contributed by atoms with Crippen molar-refractivity contribution in [3.8, 4) is 0 Å². The molecule has 0 saturated heterocycles. The summed E-state index contributed by atoms with van der Waals surface area (Å²) < 4.78 is 1.72. The average Bonchev–Trinajstić information content (AvgIpc) is 2.80. The van der Waals surface area contributed by atoms with Crippen LogP contribution in [-0.2, 0) is 4.79 Å². The van der Waals surface area contributed by atoms with Crippen LogP contribution in [-0.4, -0.2) is 25.8 Å². The minimum Gasteiger partial charge on any atom is -0.481 e. The van der Waals surface area contributed by atoms with Crippen LogP contribution in [0, 0.1) is 17.3 Å². The second-order valence-electron chi connectivity index (χ2n) is 6.26. The summed E-state index contributed by atoms with van der Waals surface area (Å²) in [4.78, 5) is 15.3. The molecule has 0 aromatic carbocycles. The molecule has 1 saturated carbocycles. The fourth-order valence-electron chi connectivity index (χ4n) is 2.90. The zero-order valence-electron chi connectivity index (χ0n) is 11.2. The number of aromatic nitrogens is 3. The van der Waals surface area contributed by atoms with E-state index in [4.69, 9.17) is 0 Å². The predicted molar refractivity (Wildman–Crippen MR) is 67.0 cm³/mol. The Morgan fingerprint density at radius 1 is 1.39 bits per heavy atom.